The molecule has 0 radical (unpaired) electrons. The first-order chi connectivity index (χ1) is 9.19. The second-order valence-corrected chi connectivity index (χ2v) is 4.64. The van der Waals surface area contributed by atoms with Gasteiger partial charge >= 0.3 is 0 Å². The van der Waals surface area contributed by atoms with E-state index in [0.29, 0.717) is 5.92 Å². The summed E-state index contributed by atoms with van der Waals surface area (Å²) in [5.41, 5.74) is 4.44. The van der Waals surface area contributed by atoms with Crippen LogP contribution in [0.1, 0.15) is 19.8 Å². The van der Waals surface area contributed by atoms with E-state index in [-0.39, 0.29) is 12.5 Å². The molecule has 5 nitrogen and oxygen atoms in total. The van der Waals surface area contributed by atoms with Crippen molar-refractivity contribution in [3.8, 4) is 5.75 Å². The van der Waals surface area contributed by atoms with E-state index in [9.17, 15) is 4.79 Å². The predicted octanol–water partition coefficient (Wildman–Crippen LogP) is 2.01. The Balaban J connectivity index is 1.74. The number of ether oxygens (including phenoxy) is 1. The molecule has 5 heteroatoms. The minimum Gasteiger partial charge on any atom is -0.497 e. The van der Waals surface area contributed by atoms with Crippen LogP contribution in [0.15, 0.2) is 29.4 Å². The fourth-order valence-corrected chi connectivity index (χ4v) is 1.67. The van der Waals surface area contributed by atoms with Crippen LogP contribution in [0.3, 0.4) is 0 Å². The van der Waals surface area contributed by atoms with Crippen LogP contribution < -0.4 is 15.5 Å². The monoisotopic (exact) mass is 261 g/mol. The molecular formula is C14H19N3O2. The fraction of sp³-hybridized carbons (Fsp3) is 0.429. The van der Waals surface area contributed by atoms with E-state index in [1.807, 2.05) is 31.2 Å². The predicted molar refractivity (Wildman–Crippen MR) is 75.5 cm³/mol. The number of hydrazone groups is 1. The number of nitrogens with one attached hydrogen (secondary N) is 2. The number of hydrogen-bond acceptors (Lipinski definition) is 4. The molecular weight excluding hydrogens is 242 g/mol. The summed E-state index contributed by atoms with van der Waals surface area (Å²) in [4.78, 5) is 11.6. The summed E-state index contributed by atoms with van der Waals surface area (Å²) in [6.45, 7) is 2.16. The van der Waals surface area contributed by atoms with Crippen LogP contribution in [0.25, 0.3) is 0 Å². The molecule has 19 heavy (non-hydrogen) atoms. The molecule has 0 unspecified atom stereocenters. The number of rotatable bonds is 6. The van der Waals surface area contributed by atoms with Gasteiger partial charge in [0.2, 0.25) is 0 Å². The average molecular weight is 261 g/mol. The van der Waals surface area contributed by atoms with E-state index in [1.165, 1.54) is 12.8 Å². The summed E-state index contributed by atoms with van der Waals surface area (Å²) in [5.74, 6) is 1.23. The molecule has 1 amide bonds. The summed E-state index contributed by atoms with van der Waals surface area (Å²) in [5, 5.41) is 7.11. The van der Waals surface area contributed by atoms with Gasteiger partial charge in [-0.05, 0) is 49.9 Å². The summed E-state index contributed by atoms with van der Waals surface area (Å²) in [7, 11) is 1.62. The van der Waals surface area contributed by atoms with Gasteiger partial charge in [0.25, 0.3) is 5.91 Å². The first-order valence-electron chi connectivity index (χ1n) is 6.40. The van der Waals surface area contributed by atoms with Crippen LogP contribution in [-0.4, -0.2) is 25.3 Å². The maximum Gasteiger partial charge on any atom is 0.259 e. The Morgan fingerprint density at radius 3 is 2.63 bits per heavy atom. The number of carbonyl (C=O) groups is 1. The molecule has 2 N–H and O–H groups in total. The van der Waals surface area contributed by atoms with Crippen molar-refractivity contribution in [2.75, 3.05) is 19.0 Å². The molecule has 1 fully saturated rings. The lowest BCUT2D eigenvalue weighted by atomic mass is 10.3. The summed E-state index contributed by atoms with van der Waals surface area (Å²) in [6.07, 6.45) is 2.38. The van der Waals surface area contributed by atoms with Crippen molar-refractivity contribution in [3.05, 3.63) is 24.3 Å². The van der Waals surface area contributed by atoms with Gasteiger partial charge in [0.1, 0.15) is 5.75 Å². The van der Waals surface area contributed by atoms with Crippen LogP contribution >= 0.6 is 0 Å². The van der Waals surface area contributed by atoms with E-state index in [1.54, 1.807) is 7.11 Å². The number of anilines is 1. The maximum atomic E-state index is 11.6. The van der Waals surface area contributed by atoms with E-state index < -0.39 is 0 Å². The summed E-state index contributed by atoms with van der Waals surface area (Å²) >= 11 is 0. The molecule has 0 bridgehead atoms. The van der Waals surface area contributed by atoms with Gasteiger partial charge in [-0.15, -0.1) is 0 Å². The molecule has 1 aromatic carbocycles. The number of methoxy groups -OCH3 is 1. The third-order valence-corrected chi connectivity index (χ3v) is 3.07. The number of benzene rings is 1. The lowest BCUT2D eigenvalue weighted by molar-refractivity contribution is -0.119. The Labute approximate surface area is 113 Å². The van der Waals surface area contributed by atoms with Gasteiger partial charge in [-0.3, -0.25) is 4.79 Å². The number of amides is 1. The highest BCUT2D eigenvalue weighted by molar-refractivity contribution is 5.88. The lowest BCUT2D eigenvalue weighted by Crippen LogP contribution is -2.26. The Morgan fingerprint density at radius 1 is 1.37 bits per heavy atom. The van der Waals surface area contributed by atoms with Crippen molar-refractivity contribution < 1.29 is 9.53 Å². The van der Waals surface area contributed by atoms with Gasteiger partial charge in [-0.2, -0.15) is 5.10 Å². The van der Waals surface area contributed by atoms with Crippen molar-refractivity contribution in [1.29, 1.82) is 0 Å². The van der Waals surface area contributed by atoms with Crippen LogP contribution in [0.5, 0.6) is 5.75 Å². The fourth-order valence-electron chi connectivity index (χ4n) is 1.67. The van der Waals surface area contributed by atoms with E-state index in [4.69, 9.17) is 4.74 Å². The maximum absolute atomic E-state index is 11.6. The van der Waals surface area contributed by atoms with Crippen molar-refractivity contribution in [2.24, 2.45) is 11.0 Å². The lowest BCUT2D eigenvalue weighted by Gasteiger charge is -2.06. The normalized spacial score (nSPS) is 14.9. The van der Waals surface area contributed by atoms with Crippen molar-refractivity contribution in [3.63, 3.8) is 0 Å². The molecule has 0 spiro atoms. The molecule has 2 rings (SSSR count). The highest BCUT2D eigenvalue weighted by Crippen LogP contribution is 2.30. The Bertz CT molecular complexity index is 464. The zero-order valence-electron chi connectivity index (χ0n) is 11.3. The van der Waals surface area contributed by atoms with E-state index >= 15 is 0 Å². The standard InChI is InChI=1S/C14H19N3O2/c1-10(11-3-4-11)16-17-14(18)9-15-12-5-7-13(19-2)8-6-12/h5-8,11,15H,3-4,9H2,1-2H3,(H,17,18)/b16-10+. The van der Waals surface area contributed by atoms with Crippen molar-refractivity contribution in [2.45, 2.75) is 19.8 Å². The van der Waals surface area contributed by atoms with E-state index in [0.717, 1.165) is 17.1 Å². The topological polar surface area (TPSA) is 62.7 Å². The van der Waals surface area contributed by atoms with Crippen molar-refractivity contribution in [1.82, 2.24) is 5.43 Å². The highest BCUT2D eigenvalue weighted by Gasteiger charge is 2.24. The largest absolute Gasteiger partial charge is 0.497 e. The number of hydrogen-bond donors (Lipinski definition) is 2. The first-order valence-corrected chi connectivity index (χ1v) is 6.40. The first kappa shape index (κ1) is 13.4. The van der Waals surface area contributed by atoms with Gasteiger partial charge in [-0.25, -0.2) is 5.43 Å². The third-order valence-electron chi connectivity index (χ3n) is 3.07. The molecule has 1 saturated carbocycles. The molecule has 1 aliphatic carbocycles. The quantitative estimate of drug-likeness (QED) is 0.608. The molecule has 0 aromatic heterocycles. The number of nitrogens with zero attached hydrogens (tertiary/aromatic N) is 1. The van der Waals surface area contributed by atoms with Gasteiger partial charge in [0.05, 0.1) is 13.7 Å². The molecule has 102 valence electrons. The van der Waals surface area contributed by atoms with Gasteiger partial charge in [0.15, 0.2) is 0 Å². The summed E-state index contributed by atoms with van der Waals surface area (Å²) < 4.78 is 5.06. The SMILES string of the molecule is COc1ccc(NCC(=O)N/N=C(\C)C2CC2)cc1. The van der Waals surface area contributed by atoms with Gasteiger partial charge < -0.3 is 10.1 Å². The van der Waals surface area contributed by atoms with Crippen molar-refractivity contribution >= 4 is 17.3 Å². The van der Waals surface area contributed by atoms with E-state index in [2.05, 4.69) is 15.8 Å². The molecule has 0 heterocycles. The minimum absolute atomic E-state index is 0.143. The molecule has 1 aliphatic rings. The Hall–Kier alpha value is -2.04. The van der Waals surface area contributed by atoms with Gasteiger partial charge in [0, 0.05) is 11.4 Å². The highest BCUT2D eigenvalue weighted by atomic mass is 16.5. The minimum atomic E-state index is -0.143. The van der Waals surface area contributed by atoms with Crippen LogP contribution in [-0.2, 0) is 4.79 Å². The Morgan fingerprint density at radius 2 is 2.05 bits per heavy atom. The van der Waals surface area contributed by atoms with Crippen LogP contribution in [0.2, 0.25) is 0 Å². The average Bonchev–Trinajstić information content (AvgIpc) is 3.27. The third kappa shape index (κ3) is 4.28. The van der Waals surface area contributed by atoms with Gasteiger partial charge in [-0.1, -0.05) is 0 Å². The molecule has 0 atom stereocenters. The molecule has 0 saturated heterocycles. The van der Waals surface area contributed by atoms with Crippen LogP contribution in [0, 0.1) is 5.92 Å². The number of carbonyl (C=O) groups excluding carboxylic acids is 1. The Kier molecular flexibility index (Phi) is 4.39. The second kappa shape index (κ2) is 6.22. The zero-order valence-corrected chi connectivity index (χ0v) is 11.3. The summed E-state index contributed by atoms with van der Waals surface area (Å²) in [6, 6.07) is 7.42. The second-order valence-electron chi connectivity index (χ2n) is 4.64. The smallest absolute Gasteiger partial charge is 0.259 e. The zero-order chi connectivity index (χ0) is 13.7. The molecule has 1 aromatic rings. The molecule has 0 aliphatic heterocycles. The van der Waals surface area contributed by atoms with Crippen LogP contribution in [0.4, 0.5) is 5.69 Å².